The van der Waals surface area contributed by atoms with Gasteiger partial charge in [0.1, 0.15) is 0 Å². The molecule has 0 rings (SSSR count). The van der Waals surface area contributed by atoms with Crippen LogP contribution in [0.25, 0.3) is 0 Å². The predicted molar refractivity (Wildman–Crippen MR) is 55.2 cm³/mol. The van der Waals surface area contributed by atoms with Crippen LogP contribution in [0.2, 0.25) is 0 Å². The maximum atomic E-state index is 11.5. The second kappa shape index (κ2) is 6.43. The van der Waals surface area contributed by atoms with E-state index in [1.807, 2.05) is 19.9 Å². The largest absolute Gasteiger partial charge is 0.369 e. The van der Waals surface area contributed by atoms with Crippen molar-refractivity contribution in [3.63, 3.8) is 0 Å². The van der Waals surface area contributed by atoms with E-state index < -0.39 is 0 Å². The lowest BCUT2D eigenvalue weighted by Crippen LogP contribution is -2.34. The summed E-state index contributed by atoms with van der Waals surface area (Å²) in [4.78, 5) is 11.5. The fourth-order valence-electron chi connectivity index (χ4n) is 0.899. The summed E-state index contributed by atoms with van der Waals surface area (Å²) in [6.07, 6.45) is 5.10. The summed E-state index contributed by atoms with van der Waals surface area (Å²) in [5, 5.41) is 5.71. The first-order chi connectivity index (χ1) is 6.13. The molecule has 2 N–H and O–H groups in total. The molecule has 74 valence electrons. The van der Waals surface area contributed by atoms with Gasteiger partial charge >= 0.3 is 0 Å². The number of hydrogen-bond acceptors (Lipinski definition) is 3. The van der Waals surface area contributed by atoms with E-state index in [2.05, 4.69) is 17.2 Å². The van der Waals surface area contributed by atoms with Crippen molar-refractivity contribution in [1.29, 1.82) is 0 Å². The molecule has 3 nitrogen and oxygen atoms in total. The van der Waals surface area contributed by atoms with Crippen LogP contribution in [0.1, 0.15) is 13.8 Å². The van der Waals surface area contributed by atoms with Gasteiger partial charge in [-0.2, -0.15) is 0 Å². The summed E-state index contributed by atoms with van der Waals surface area (Å²) >= 11 is 0. The van der Waals surface area contributed by atoms with Crippen LogP contribution in [0, 0.1) is 5.92 Å². The molecule has 0 aromatic rings. The number of Topliss-reactive ketones (excluding diaryl/α,β-unsaturated/α-hetero) is 1. The Morgan fingerprint density at radius 1 is 1.46 bits per heavy atom. The topological polar surface area (TPSA) is 41.1 Å². The van der Waals surface area contributed by atoms with Crippen molar-refractivity contribution in [3.8, 4) is 0 Å². The molecule has 0 unspecified atom stereocenters. The molecule has 0 aromatic carbocycles. The average molecular weight is 182 g/mol. The molecular formula is C10H18N2O. The number of carbonyl (C=O) groups excluding carboxylic acids is 1. The highest BCUT2D eigenvalue weighted by Gasteiger charge is 2.15. The summed E-state index contributed by atoms with van der Waals surface area (Å²) in [6.45, 7) is 7.22. The first-order valence-electron chi connectivity index (χ1n) is 4.38. The second-order valence-corrected chi connectivity index (χ2v) is 2.93. The summed E-state index contributed by atoms with van der Waals surface area (Å²) < 4.78 is 0. The van der Waals surface area contributed by atoms with E-state index in [1.54, 1.807) is 19.4 Å². The van der Waals surface area contributed by atoms with Gasteiger partial charge in [0.2, 0.25) is 0 Å². The molecule has 0 amide bonds. The summed E-state index contributed by atoms with van der Waals surface area (Å²) in [7, 11) is 1.78. The van der Waals surface area contributed by atoms with Gasteiger partial charge < -0.3 is 10.6 Å². The van der Waals surface area contributed by atoms with Gasteiger partial charge in [0, 0.05) is 5.92 Å². The summed E-state index contributed by atoms with van der Waals surface area (Å²) in [5.74, 6) is 0.111. The van der Waals surface area contributed by atoms with Crippen molar-refractivity contribution >= 4 is 5.78 Å². The predicted octanol–water partition coefficient (Wildman–Crippen LogP) is 1.05. The molecule has 0 saturated heterocycles. The van der Waals surface area contributed by atoms with Crippen LogP contribution in [0.3, 0.4) is 0 Å². The third-order valence-electron chi connectivity index (χ3n) is 1.91. The third kappa shape index (κ3) is 4.48. The number of hydrogen-bond donors (Lipinski definition) is 2. The van der Waals surface area contributed by atoms with Gasteiger partial charge in [0.05, 0.1) is 6.04 Å². The fraction of sp³-hybridized carbons (Fsp3) is 0.500. The smallest absolute Gasteiger partial charge is 0.156 e. The minimum Gasteiger partial charge on any atom is -0.369 e. The Morgan fingerprint density at radius 3 is 2.54 bits per heavy atom. The third-order valence-corrected chi connectivity index (χ3v) is 1.91. The number of rotatable bonds is 6. The van der Waals surface area contributed by atoms with Gasteiger partial charge in [0.25, 0.3) is 0 Å². The Morgan fingerprint density at radius 2 is 2.08 bits per heavy atom. The fourth-order valence-corrected chi connectivity index (χ4v) is 0.899. The number of likely N-dealkylation sites (N-methyl/N-ethyl adjacent to an activating group) is 1. The molecule has 2 atom stereocenters. The van der Waals surface area contributed by atoms with Crippen molar-refractivity contribution in [2.75, 3.05) is 7.05 Å². The maximum absolute atomic E-state index is 11.5. The van der Waals surface area contributed by atoms with E-state index in [4.69, 9.17) is 0 Å². The van der Waals surface area contributed by atoms with E-state index in [0.29, 0.717) is 0 Å². The highest BCUT2D eigenvalue weighted by molar-refractivity contribution is 5.86. The van der Waals surface area contributed by atoms with Crippen molar-refractivity contribution in [2.24, 2.45) is 5.92 Å². The van der Waals surface area contributed by atoms with Crippen molar-refractivity contribution in [2.45, 2.75) is 19.9 Å². The zero-order chi connectivity index (χ0) is 10.3. The Balaban J connectivity index is 4.02. The molecule has 0 aliphatic carbocycles. The molecule has 0 fully saturated rings. The lowest BCUT2D eigenvalue weighted by atomic mass is 10.0. The van der Waals surface area contributed by atoms with Gasteiger partial charge in [-0.25, -0.2) is 0 Å². The molecular weight excluding hydrogens is 164 g/mol. The van der Waals surface area contributed by atoms with Crippen LogP contribution in [0.5, 0.6) is 0 Å². The first-order valence-corrected chi connectivity index (χ1v) is 4.38. The molecule has 0 radical (unpaired) electrons. The summed E-state index contributed by atoms with van der Waals surface area (Å²) in [5.41, 5.74) is 0. The van der Waals surface area contributed by atoms with Crippen molar-refractivity contribution in [1.82, 2.24) is 10.6 Å². The quantitative estimate of drug-likeness (QED) is 0.645. The Bertz CT molecular complexity index is 199. The van der Waals surface area contributed by atoms with E-state index in [1.165, 1.54) is 0 Å². The van der Waals surface area contributed by atoms with E-state index in [0.717, 1.165) is 0 Å². The minimum atomic E-state index is -0.0941. The Hall–Kier alpha value is -1.09. The zero-order valence-corrected chi connectivity index (χ0v) is 8.50. The zero-order valence-electron chi connectivity index (χ0n) is 8.50. The van der Waals surface area contributed by atoms with Crippen LogP contribution in [-0.4, -0.2) is 18.9 Å². The molecule has 3 heteroatoms. The van der Waals surface area contributed by atoms with Crippen molar-refractivity contribution in [3.05, 3.63) is 25.1 Å². The Kier molecular flexibility index (Phi) is 5.89. The van der Waals surface area contributed by atoms with E-state index in [-0.39, 0.29) is 17.7 Å². The normalized spacial score (nSPS) is 15.3. The summed E-state index contributed by atoms with van der Waals surface area (Å²) in [6, 6.07) is -0.0941. The van der Waals surface area contributed by atoms with E-state index >= 15 is 0 Å². The van der Waals surface area contributed by atoms with Crippen LogP contribution < -0.4 is 10.6 Å². The van der Waals surface area contributed by atoms with Gasteiger partial charge in [0.15, 0.2) is 5.78 Å². The lowest BCUT2D eigenvalue weighted by Gasteiger charge is -2.11. The maximum Gasteiger partial charge on any atom is 0.156 e. The Labute approximate surface area is 79.9 Å². The molecule has 13 heavy (non-hydrogen) atoms. The molecule has 0 heterocycles. The van der Waals surface area contributed by atoms with Crippen LogP contribution in [0.4, 0.5) is 0 Å². The number of ketones is 1. The van der Waals surface area contributed by atoms with Crippen molar-refractivity contribution < 1.29 is 4.79 Å². The molecule has 0 spiro atoms. The van der Waals surface area contributed by atoms with Crippen LogP contribution in [-0.2, 0) is 4.79 Å². The monoisotopic (exact) mass is 182 g/mol. The van der Waals surface area contributed by atoms with Gasteiger partial charge in [-0.15, -0.1) is 0 Å². The van der Waals surface area contributed by atoms with E-state index in [9.17, 15) is 4.79 Å². The second-order valence-electron chi connectivity index (χ2n) is 2.93. The molecule has 0 aliphatic heterocycles. The number of carbonyl (C=O) groups is 1. The van der Waals surface area contributed by atoms with Gasteiger partial charge in [-0.3, -0.25) is 4.79 Å². The molecule has 0 bridgehead atoms. The van der Waals surface area contributed by atoms with Gasteiger partial charge in [-0.05, 0) is 26.4 Å². The van der Waals surface area contributed by atoms with Gasteiger partial charge in [-0.1, -0.05) is 19.6 Å². The lowest BCUT2D eigenvalue weighted by molar-refractivity contribution is -0.122. The first kappa shape index (κ1) is 11.9. The SMILES string of the molecule is C=CN/C=C\[C@@H](C)C(=O)[C@@H](C)NC. The average Bonchev–Trinajstić information content (AvgIpc) is 2.15. The highest BCUT2D eigenvalue weighted by Crippen LogP contribution is 2.01. The highest BCUT2D eigenvalue weighted by atomic mass is 16.1. The minimum absolute atomic E-state index is 0.0742. The number of nitrogens with one attached hydrogen (secondary N) is 2. The standard InChI is InChI=1S/C10H18N2O/c1-5-12-7-6-8(2)10(13)9(3)11-4/h5-9,11-12H,1H2,2-4H3/b7-6-/t8-,9-/m1/s1. The van der Waals surface area contributed by atoms with Crippen LogP contribution in [0.15, 0.2) is 25.1 Å². The molecule has 0 aliphatic rings. The van der Waals surface area contributed by atoms with Crippen LogP contribution >= 0.6 is 0 Å². The number of allylic oxidation sites excluding steroid dienone is 1. The molecule has 0 aromatic heterocycles. The molecule has 0 saturated carbocycles.